The van der Waals surface area contributed by atoms with Crippen LogP contribution in [0, 0.1) is 0 Å². The Bertz CT molecular complexity index is 1190. The SMILES string of the molecule is CCN(CCO)C(c1cnc(NC(=O)C2(c3ccc4c(c3)OCO4)CC2)s1)c1ccccc1O. The molecule has 5 rings (SSSR count). The standard InChI is InChI=1S/C25H27N3O5S/c1-2-28(11-12-29)22(17-5-3-4-6-18(17)30)21-14-26-24(34-21)27-23(31)25(9-10-25)16-7-8-19-20(13-16)33-15-32-19/h3-8,13-14,22,29-30H,2,9-12,15H2,1H3,(H,26,27,31). The highest BCUT2D eigenvalue weighted by atomic mass is 32.1. The Hall–Kier alpha value is -3.14. The minimum absolute atomic E-state index is 0.00160. The van der Waals surface area contributed by atoms with Crippen molar-refractivity contribution in [2.45, 2.75) is 31.2 Å². The molecule has 8 nitrogen and oxygen atoms in total. The van der Waals surface area contributed by atoms with Crippen molar-refractivity contribution >= 4 is 22.4 Å². The lowest BCUT2D eigenvalue weighted by atomic mass is 9.94. The fourth-order valence-electron chi connectivity index (χ4n) is 4.50. The lowest BCUT2D eigenvalue weighted by Gasteiger charge is -2.30. The van der Waals surface area contributed by atoms with E-state index in [1.54, 1.807) is 18.3 Å². The van der Waals surface area contributed by atoms with E-state index < -0.39 is 5.41 Å². The summed E-state index contributed by atoms with van der Waals surface area (Å²) in [5, 5.41) is 23.6. The third kappa shape index (κ3) is 4.11. The number of aliphatic hydroxyl groups excluding tert-OH is 1. The number of likely N-dealkylation sites (N-methyl/N-ethyl adjacent to an activating group) is 1. The molecule has 1 fully saturated rings. The van der Waals surface area contributed by atoms with Crippen molar-refractivity contribution in [3.05, 3.63) is 64.7 Å². The maximum atomic E-state index is 13.3. The summed E-state index contributed by atoms with van der Waals surface area (Å²) in [5.41, 5.74) is 1.06. The van der Waals surface area contributed by atoms with Gasteiger partial charge in [0.05, 0.1) is 18.1 Å². The van der Waals surface area contributed by atoms with Crippen LogP contribution >= 0.6 is 11.3 Å². The van der Waals surface area contributed by atoms with E-state index in [4.69, 9.17) is 9.47 Å². The maximum Gasteiger partial charge on any atom is 0.236 e. The normalized spacial score (nSPS) is 16.4. The average Bonchev–Trinajstić information content (AvgIpc) is 3.31. The summed E-state index contributed by atoms with van der Waals surface area (Å²) >= 11 is 1.38. The molecule has 1 atom stereocenters. The molecule has 0 spiro atoms. The molecule has 34 heavy (non-hydrogen) atoms. The number of hydrogen-bond acceptors (Lipinski definition) is 8. The van der Waals surface area contributed by atoms with Gasteiger partial charge in [-0.25, -0.2) is 4.98 Å². The van der Waals surface area contributed by atoms with Gasteiger partial charge >= 0.3 is 0 Å². The van der Waals surface area contributed by atoms with Gasteiger partial charge in [-0.1, -0.05) is 42.5 Å². The summed E-state index contributed by atoms with van der Waals surface area (Å²) in [6, 6.07) is 12.6. The lowest BCUT2D eigenvalue weighted by Crippen LogP contribution is -2.31. The number of nitrogens with one attached hydrogen (secondary N) is 1. The first-order valence-corrected chi connectivity index (χ1v) is 12.2. The van der Waals surface area contributed by atoms with E-state index in [-0.39, 0.29) is 31.1 Å². The van der Waals surface area contributed by atoms with Gasteiger partial charge in [0, 0.05) is 23.2 Å². The van der Waals surface area contributed by atoms with Crippen LogP contribution < -0.4 is 14.8 Å². The van der Waals surface area contributed by atoms with E-state index >= 15 is 0 Å². The van der Waals surface area contributed by atoms with Gasteiger partial charge in [-0.3, -0.25) is 9.69 Å². The van der Waals surface area contributed by atoms with Crippen LogP contribution in [0.5, 0.6) is 17.2 Å². The molecule has 1 aliphatic heterocycles. The van der Waals surface area contributed by atoms with Crippen LogP contribution in [-0.4, -0.2) is 52.5 Å². The molecule has 1 unspecified atom stereocenters. The molecule has 1 aromatic heterocycles. The molecular weight excluding hydrogens is 454 g/mol. The Balaban J connectivity index is 1.39. The number of aromatic hydroxyl groups is 1. The van der Waals surface area contributed by atoms with Crippen molar-refractivity contribution in [2.24, 2.45) is 0 Å². The van der Waals surface area contributed by atoms with E-state index in [2.05, 4.69) is 15.2 Å². The molecular formula is C25H27N3O5S. The van der Waals surface area contributed by atoms with Crippen molar-refractivity contribution < 1.29 is 24.5 Å². The number of aromatic nitrogens is 1. The molecule has 0 saturated heterocycles. The molecule has 2 aliphatic rings. The number of phenolic OH excluding ortho intramolecular Hbond substituents is 1. The number of nitrogens with zero attached hydrogens (tertiary/aromatic N) is 2. The van der Waals surface area contributed by atoms with Crippen molar-refractivity contribution in [3.63, 3.8) is 0 Å². The Morgan fingerprint density at radius 1 is 1.24 bits per heavy atom. The predicted octanol–water partition coefficient (Wildman–Crippen LogP) is 3.65. The van der Waals surface area contributed by atoms with Crippen LogP contribution in [0.2, 0.25) is 0 Å². The number of para-hydroxylation sites is 1. The smallest absolute Gasteiger partial charge is 0.236 e. The molecule has 1 aliphatic carbocycles. The molecule has 1 saturated carbocycles. The van der Waals surface area contributed by atoms with Crippen LogP contribution in [-0.2, 0) is 10.2 Å². The number of ether oxygens (including phenoxy) is 2. The average molecular weight is 482 g/mol. The molecule has 2 heterocycles. The van der Waals surface area contributed by atoms with Gasteiger partial charge in [-0.2, -0.15) is 0 Å². The lowest BCUT2D eigenvalue weighted by molar-refractivity contribution is -0.118. The largest absolute Gasteiger partial charge is 0.508 e. The number of carbonyl (C=O) groups is 1. The number of fused-ring (bicyclic) bond motifs is 1. The highest BCUT2D eigenvalue weighted by Crippen LogP contribution is 2.51. The number of amides is 1. The number of aliphatic hydroxyl groups is 1. The molecule has 3 N–H and O–H groups in total. The van der Waals surface area contributed by atoms with Crippen molar-refractivity contribution in [2.75, 3.05) is 31.8 Å². The van der Waals surface area contributed by atoms with E-state index in [0.29, 0.717) is 29.7 Å². The van der Waals surface area contributed by atoms with Crippen LogP contribution in [0.15, 0.2) is 48.7 Å². The first kappa shape index (κ1) is 22.6. The van der Waals surface area contributed by atoms with Gasteiger partial charge in [-0.15, -0.1) is 0 Å². The van der Waals surface area contributed by atoms with Crippen molar-refractivity contribution in [3.8, 4) is 17.2 Å². The number of benzene rings is 2. The Labute approximate surface area is 201 Å². The van der Waals surface area contributed by atoms with Crippen LogP contribution in [0.1, 0.15) is 41.8 Å². The van der Waals surface area contributed by atoms with Gasteiger partial charge in [0.2, 0.25) is 12.7 Å². The van der Waals surface area contributed by atoms with Crippen LogP contribution in [0.3, 0.4) is 0 Å². The fraction of sp³-hybridized carbons (Fsp3) is 0.360. The summed E-state index contributed by atoms with van der Waals surface area (Å²) in [6.45, 7) is 3.32. The Morgan fingerprint density at radius 2 is 2.03 bits per heavy atom. The van der Waals surface area contributed by atoms with Crippen molar-refractivity contribution in [1.29, 1.82) is 0 Å². The number of anilines is 1. The highest BCUT2D eigenvalue weighted by Gasteiger charge is 2.52. The fourth-order valence-corrected chi connectivity index (χ4v) is 5.47. The minimum Gasteiger partial charge on any atom is -0.508 e. The number of rotatable bonds is 9. The monoisotopic (exact) mass is 481 g/mol. The molecule has 0 bridgehead atoms. The third-order valence-electron chi connectivity index (χ3n) is 6.51. The second-order valence-electron chi connectivity index (χ2n) is 8.49. The number of thiazole rings is 1. The number of phenols is 1. The van der Waals surface area contributed by atoms with Gasteiger partial charge in [0.25, 0.3) is 0 Å². The molecule has 0 radical (unpaired) electrons. The van der Waals surface area contributed by atoms with E-state index in [9.17, 15) is 15.0 Å². The van der Waals surface area contributed by atoms with Crippen LogP contribution in [0.25, 0.3) is 0 Å². The number of hydrogen-bond donors (Lipinski definition) is 3. The molecule has 1 amide bonds. The first-order valence-electron chi connectivity index (χ1n) is 11.4. The van der Waals surface area contributed by atoms with Crippen molar-refractivity contribution in [1.82, 2.24) is 9.88 Å². The zero-order valence-corrected chi connectivity index (χ0v) is 19.7. The second-order valence-corrected chi connectivity index (χ2v) is 9.55. The molecule has 3 aromatic rings. The molecule has 9 heteroatoms. The van der Waals surface area contributed by atoms with Crippen LogP contribution in [0.4, 0.5) is 5.13 Å². The summed E-state index contributed by atoms with van der Waals surface area (Å²) in [5.74, 6) is 1.46. The predicted molar refractivity (Wildman–Crippen MR) is 129 cm³/mol. The van der Waals surface area contributed by atoms with Gasteiger partial charge < -0.3 is 25.0 Å². The summed E-state index contributed by atoms with van der Waals surface area (Å²) in [6.07, 6.45) is 3.26. The van der Waals surface area contributed by atoms with Gasteiger partial charge in [-0.05, 0) is 43.1 Å². The van der Waals surface area contributed by atoms with E-state index in [1.807, 2.05) is 37.3 Å². The first-order chi connectivity index (χ1) is 16.6. The quantitative estimate of drug-likeness (QED) is 0.429. The zero-order valence-electron chi connectivity index (χ0n) is 18.9. The third-order valence-corrected chi connectivity index (χ3v) is 7.48. The topological polar surface area (TPSA) is 104 Å². The zero-order chi connectivity index (χ0) is 23.7. The Kier molecular flexibility index (Phi) is 6.16. The summed E-state index contributed by atoms with van der Waals surface area (Å²) < 4.78 is 10.9. The summed E-state index contributed by atoms with van der Waals surface area (Å²) in [7, 11) is 0. The summed E-state index contributed by atoms with van der Waals surface area (Å²) in [4.78, 5) is 20.7. The Morgan fingerprint density at radius 3 is 2.76 bits per heavy atom. The van der Waals surface area contributed by atoms with Gasteiger partial charge in [0.1, 0.15) is 5.75 Å². The van der Waals surface area contributed by atoms with E-state index in [0.717, 1.165) is 28.8 Å². The minimum atomic E-state index is -0.587. The highest BCUT2D eigenvalue weighted by molar-refractivity contribution is 7.15. The molecule has 178 valence electrons. The second kappa shape index (κ2) is 9.25. The number of carbonyl (C=O) groups excluding carboxylic acids is 1. The maximum absolute atomic E-state index is 13.3. The van der Waals surface area contributed by atoms with E-state index in [1.165, 1.54) is 11.3 Å². The van der Waals surface area contributed by atoms with Gasteiger partial charge in [0.15, 0.2) is 16.6 Å². The molecule has 2 aromatic carbocycles.